The highest BCUT2D eigenvalue weighted by Crippen LogP contribution is 2.15. The van der Waals surface area contributed by atoms with Gasteiger partial charge in [0.1, 0.15) is 5.82 Å². The lowest BCUT2D eigenvalue weighted by atomic mass is 10.3. The number of amides is 1. The van der Waals surface area contributed by atoms with Crippen molar-refractivity contribution in [3.8, 4) is 0 Å². The Balaban J connectivity index is 1.54. The Bertz CT molecular complexity index is 541. The Morgan fingerprint density at radius 1 is 1.17 bits per heavy atom. The molecule has 3 heterocycles. The smallest absolute Gasteiger partial charge is 0.227 e. The van der Waals surface area contributed by atoms with E-state index in [1.807, 2.05) is 13.0 Å². The first-order valence-corrected chi connectivity index (χ1v) is 8.58. The van der Waals surface area contributed by atoms with Crippen LogP contribution in [-0.2, 0) is 9.53 Å². The number of piperazine rings is 1. The number of rotatable bonds is 6. The first-order valence-electron chi connectivity index (χ1n) is 8.58. The number of ether oxygens (including phenoxy) is 1. The summed E-state index contributed by atoms with van der Waals surface area (Å²) in [5.74, 6) is 1.61. The zero-order valence-electron chi connectivity index (χ0n) is 14.3. The van der Waals surface area contributed by atoms with Crippen molar-refractivity contribution in [2.75, 3.05) is 75.8 Å². The maximum Gasteiger partial charge on any atom is 0.227 e. The minimum atomic E-state index is 0.723. The van der Waals surface area contributed by atoms with E-state index >= 15 is 0 Å². The summed E-state index contributed by atoms with van der Waals surface area (Å²) in [5, 5.41) is 3.41. The van der Waals surface area contributed by atoms with Gasteiger partial charge in [0.05, 0.1) is 13.2 Å². The summed E-state index contributed by atoms with van der Waals surface area (Å²) in [7, 11) is 0. The summed E-state index contributed by atoms with van der Waals surface area (Å²) in [4.78, 5) is 26.3. The van der Waals surface area contributed by atoms with E-state index in [9.17, 15) is 4.79 Å². The minimum Gasteiger partial charge on any atom is -0.379 e. The van der Waals surface area contributed by atoms with Crippen molar-refractivity contribution in [1.82, 2.24) is 19.8 Å². The molecule has 0 atom stereocenters. The van der Waals surface area contributed by atoms with Crippen molar-refractivity contribution < 1.29 is 9.53 Å². The van der Waals surface area contributed by atoms with Crippen molar-refractivity contribution in [3.63, 3.8) is 0 Å². The molecule has 2 aliphatic heterocycles. The lowest BCUT2D eigenvalue weighted by Crippen LogP contribution is -2.46. The van der Waals surface area contributed by atoms with Crippen LogP contribution < -0.4 is 10.2 Å². The van der Waals surface area contributed by atoms with Crippen LogP contribution in [0.5, 0.6) is 0 Å². The number of morpholine rings is 1. The normalized spacial score (nSPS) is 19.4. The third kappa shape index (κ3) is 4.55. The van der Waals surface area contributed by atoms with Gasteiger partial charge < -0.3 is 19.9 Å². The number of anilines is 2. The van der Waals surface area contributed by atoms with E-state index in [0.29, 0.717) is 0 Å². The van der Waals surface area contributed by atoms with Gasteiger partial charge >= 0.3 is 0 Å². The zero-order valence-corrected chi connectivity index (χ0v) is 14.3. The van der Waals surface area contributed by atoms with E-state index in [2.05, 4.69) is 25.1 Å². The molecule has 2 saturated heterocycles. The largest absolute Gasteiger partial charge is 0.379 e. The summed E-state index contributed by atoms with van der Waals surface area (Å²) < 4.78 is 5.37. The van der Waals surface area contributed by atoms with Crippen LogP contribution in [0, 0.1) is 6.92 Å². The summed E-state index contributed by atoms with van der Waals surface area (Å²) in [6.07, 6.45) is 0.910. The Morgan fingerprint density at radius 2 is 1.92 bits per heavy atom. The molecule has 8 heteroatoms. The molecular weight excluding hydrogens is 308 g/mol. The molecule has 0 spiro atoms. The fourth-order valence-corrected chi connectivity index (χ4v) is 2.98. The molecule has 0 unspecified atom stereocenters. The molecular formula is C16H26N6O2. The van der Waals surface area contributed by atoms with Gasteiger partial charge in [-0.05, 0) is 6.92 Å². The van der Waals surface area contributed by atoms with Gasteiger partial charge in [0.15, 0.2) is 0 Å². The molecule has 8 nitrogen and oxygen atoms in total. The molecule has 1 amide bonds. The minimum absolute atomic E-state index is 0.723. The molecule has 0 aliphatic carbocycles. The third-order valence-electron chi connectivity index (χ3n) is 4.43. The molecule has 1 aromatic heterocycles. The highest BCUT2D eigenvalue weighted by molar-refractivity contribution is 5.49. The monoisotopic (exact) mass is 334 g/mol. The van der Waals surface area contributed by atoms with E-state index in [1.165, 1.54) is 0 Å². The summed E-state index contributed by atoms with van der Waals surface area (Å²) in [5.41, 5.74) is 0.951. The molecule has 3 rings (SSSR count). The van der Waals surface area contributed by atoms with Gasteiger partial charge in [0.25, 0.3) is 0 Å². The second-order valence-corrected chi connectivity index (χ2v) is 6.20. The fraction of sp³-hybridized carbons (Fsp3) is 0.688. The Morgan fingerprint density at radius 3 is 2.62 bits per heavy atom. The summed E-state index contributed by atoms with van der Waals surface area (Å²) in [6.45, 7) is 10.5. The molecule has 2 fully saturated rings. The molecule has 24 heavy (non-hydrogen) atoms. The van der Waals surface area contributed by atoms with Crippen LogP contribution in [0.1, 0.15) is 5.69 Å². The van der Waals surface area contributed by atoms with Crippen molar-refractivity contribution in [2.45, 2.75) is 6.92 Å². The number of carbonyl (C=O) groups excluding carboxylic acids is 1. The zero-order chi connectivity index (χ0) is 16.8. The van der Waals surface area contributed by atoms with Crippen LogP contribution in [0.25, 0.3) is 0 Å². The van der Waals surface area contributed by atoms with Gasteiger partial charge in [0, 0.05) is 64.1 Å². The van der Waals surface area contributed by atoms with Gasteiger partial charge in [-0.15, -0.1) is 0 Å². The topological polar surface area (TPSA) is 73.8 Å². The van der Waals surface area contributed by atoms with Crippen LogP contribution in [0.2, 0.25) is 0 Å². The quantitative estimate of drug-likeness (QED) is 0.723. The van der Waals surface area contributed by atoms with E-state index in [4.69, 9.17) is 4.74 Å². The number of aryl methyl sites for hydroxylation is 1. The lowest BCUT2D eigenvalue weighted by Gasteiger charge is -2.32. The average Bonchev–Trinajstić information content (AvgIpc) is 2.62. The molecule has 0 aromatic carbocycles. The third-order valence-corrected chi connectivity index (χ3v) is 4.43. The van der Waals surface area contributed by atoms with E-state index in [1.54, 1.807) is 4.90 Å². The van der Waals surface area contributed by atoms with E-state index in [0.717, 1.165) is 89.4 Å². The fourth-order valence-electron chi connectivity index (χ4n) is 2.98. The first-order chi connectivity index (χ1) is 11.7. The highest BCUT2D eigenvalue weighted by Gasteiger charge is 2.18. The Labute approximate surface area is 142 Å². The number of aromatic nitrogens is 2. The predicted octanol–water partition coefficient (Wildman–Crippen LogP) is -0.192. The molecule has 0 radical (unpaired) electrons. The molecule has 1 N–H and O–H groups in total. The SMILES string of the molecule is Cc1cc(NCCN2CCOCC2)nc(N2CCN(C=O)CC2)n1. The van der Waals surface area contributed by atoms with Gasteiger partial charge in [-0.3, -0.25) is 9.69 Å². The van der Waals surface area contributed by atoms with E-state index in [-0.39, 0.29) is 0 Å². The van der Waals surface area contributed by atoms with Crippen molar-refractivity contribution in [3.05, 3.63) is 11.8 Å². The standard InChI is InChI=1S/C16H26N6O2/c1-14-12-15(17-2-3-20-8-10-24-11-9-20)19-16(18-14)22-6-4-21(13-23)5-7-22/h12-13H,2-11H2,1H3,(H,17,18,19). The number of nitrogens with zero attached hydrogens (tertiary/aromatic N) is 5. The molecule has 0 bridgehead atoms. The van der Waals surface area contributed by atoms with Crippen molar-refractivity contribution in [2.24, 2.45) is 0 Å². The lowest BCUT2D eigenvalue weighted by molar-refractivity contribution is -0.118. The number of nitrogens with one attached hydrogen (secondary N) is 1. The van der Waals surface area contributed by atoms with Crippen LogP contribution in [0.15, 0.2) is 6.07 Å². The summed E-state index contributed by atoms with van der Waals surface area (Å²) >= 11 is 0. The van der Waals surface area contributed by atoms with Gasteiger partial charge in [-0.2, -0.15) is 4.98 Å². The number of hydrogen-bond donors (Lipinski definition) is 1. The second-order valence-electron chi connectivity index (χ2n) is 6.20. The first kappa shape index (κ1) is 16.9. The van der Waals surface area contributed by atoms with Crippen molar-refractivity contribution in [1.29, 1.82) is 0 Å². The van der Waals surface area contributed by atoms with Gasteiger partial charge in [0.2, 0.25) is 12.4 Å². The highest BCUT2D eigenvalue weighted by atomic mass is 16.5. The van der Waals surface area contributed by atoms with Crippen LogP contribution >= 0.6 is 0 Å². The summed E-state index contributed by atoms with van der Waals surface area (Å²) in [6, 6.07) is 1.98. The van der Waals surface area contributed by atoms with E-state index < -0.39 is 0 Å². The predicted molar refractivity (Wildman–Crippen MR) is 92.4 cm³/mol. The van der Waals surface area contributed by atoms with Crippen molar-refractivity contribution >= 4 is 18.2 Å². The number of hydrogen-bond acceptors (Lipinski definition) is 7. The molecule has 2 aliphatic rings. The maximum atomic E-state index is 10.8. The number of carbonyl (C=O) groups is 1. The van der Waals surface area contributed by atoms with Crippen LogP contribution in [0.4, 0.5) is 11.8 Å². The van der Waals surface area contributed by atoms with Crippen LogP contribution in [0.3, 0.4) is 0 Å². The Hall–Kier alpha value is -1.93. The van der Waals surface area contributed by atoms with Gasteiger partial charge in [-0.1, -0.05) is 0 Å². The molecule has 132 valence electrons. The molecule has 0 saturated carbocycles. The van der Waals surface area contributed by atoms with Gasteiger partial charge in [-0.25, -0.2) is 4.98 Å². The Kier molecular flexibility index (Phi) is 5.81. The average molecular weight is 334 g/mol. The molecule has 1 aromatic rings. The van der Waals surface area contributed by atoms with Crippen LogP contribution in [-0.4, -0.2) is 91.7 Å². The second kappa shape index (κ2) is 8.25. The maximum absolute atomic E-state index is 10.8.